The number of anilines is 3. The molecule has 0 heterocycles. The van der Waals surface area contributed by atoms with Crippen LogP contribution in [0.2, 0.25) is 0 Å². The summed E-state index contributed by atoms with van der Waals surface area (Å²) in [7, 11) is 1.67. The Balaban J connectivity index is 2.48. The topological polar surface area (TPSA) is 67.2 Å². The molecule has 2 N–H and O–H groups in total. The second-order valence-electron chi connectivity index (χ2n) is 5.08. The Morgan fingerprint density at radius 3 is 2.24 bits per heavy atom. The van der Waals surface area contributed by atoms with Crippen LogP contribution in [0.25, 0.3) is 0 Å². The van der Waals surface area contributed by atoms with Gasteiger partial charge in [-0.2, -0.15) is 0 Å². The van der Waals surface area contributed by atoms with Crippen molar-refractivity contribution in [2.45, 2.75) is 19.8 Å². The van der Waals surface area contributed by atoms with Crippen molar-refractivity contribution < 1.29 is 4.92 Å². The Bertz CT molecular complexity index is 654. The first-order valence-electron chi connectivity index (χ1n) is 6.85. The maximum atomic E-state index is 11.3. The average Bonchev–Trinajstić information content (AvgIpc) is 2.47. The van der Waals surface area contributed by atoms with E-state index < -0.39 is 0 Å². The molecule has 0 fully saturated rings. The molecule has 0 radical (unpaired) electrons. The minimum absolute atomic E-state index is 0.0542. The van der Waals surface area contributed by atoms with Gasteiger partial charge < -0.3 is 10.6 Å². The summed E-state index contributed by atoms with van der Waals surface area (Å²) in [5.74, 6) is 0.334. The fourth-order valence-corrected chi connectivity index (χ4v) is 2.30. The average molecular weight is 285 g/mol. The van der Waals surface area contributed by atoms with E-state index in [1.54, 1.807) is 25.2 Å². The molecule has 5 nitrogen and oxygen atoms in total. The molecule has 0 aromatic heterocycles. The third-order valence-electron chi connectivity index (χ3n) is 3.34. The molecule has 0 aliphatic heterocycles. The Morgan fingerprint density at radius 1 is 1.00 bits per heavy atom. The van der Waals surface area contributed by atoms with E-state index in [9.17, 15) is 10.1 Å². The smallest absolute Gasteiger partial charge is 0.315 e. The molecule has 0 amide bonds. The first-order valence-corrected chi connectivity index (χ1v) is 6.85. The molecule has 2 aromatic carbocycles. The number of rotatable bonds is 5. The highest BCUT2D eigenvalue weighted by Crippen LogP contribution is 2.36. The minimum Gasteiger partial charge on any atom is -0.382 e. The second-order valence-corrected chi connectivity index (χ2v) is 5.08. The second kappa shape index (κ2) is 6.26. The summed E-state index contributed by atoms with van der Waals surface area (Å²) >= 11 is 0. The number of nitro benzene ring substituents is 1. The van der Waals surface area contributed by atoms with Gasteiger partial charge in [-0.15, -0.1) is 0 Å². The van der Waals surface area contributed by atoms with Crippen LogP contribution < -0.4 is 10.6 Å². The van der Waals surface area contributed by atoms with Crippen molar-refractivity contribution in [3.05, 3.63) is 58.1 Å². The minimum atomic E-state index is -0.369. The van der Waals surface area contributed by atoms with E-state index in [0.29, 0.717) is 17.3 Å². The monoisotopic (exact) mass is 285 g/mol. The molecule has 0 aliphatic rings. The van der Waals surface area contributed by atoms with E-state index in [1.807, 2.05) is 24.3 Å². The summed E-state index contributed by atoms with van der Waals surface area (Å²) in [5, 5.41) is 17.4. The highest BCUT2D eigenvalue weighted by molar-refractivity contribution is 5.80. The molecule has 0 aliphatic carbocycles. The lowest BCUT2D eigenvalue weighted by atomic mass is 10.0. The van der Waals surface area contributed by atoms with E-state index in [-0.39, 0.29) is 10.6 Å². The number of para-hydroxylation sites is 2. The normalized spacial score (nSPS) is 10.5. The quantitative estimate of drug-likeness (QED) is 0.626. The third-order valence-corrected chi connectivity index (χ3v) is 3.34. The van der Waals surface area contributed by atoms with Crippen LogP contribution in [0.3, 0.4) is 0 Å². The van der Waals surface area contributed by atoms with Crippen LogP contribution in [0.4, 0.5) is 22.7 Å². The predicted molar refractivity (Wildman–Crippen MR) is 86.5 cm³/mol. The summed E-state index contributed by atoms with van der Waals surface area (Å²) in [6, 6.07) is 13.1. The molecule has 5 heteroatoms. The largest absolute Gasteiger partial charge is 0.382 e. The van der Waals surface area contributed by atoms with Gasteiger partial charge in [0.05, 0.1) is 4.92 Å². The number of hydrogen-bond donors (Lipinski definition) is 2. The molecular weight excluding hydrogens is 266 g/mol. The lowest BCUT2D eigenvalue weighted by Gasteiger charge is -2.15. The SMILES string of the molecule is CNc1cccc(Nc2ccccc2C(C)C)c1[N+](=O)[O-]. The standard InChI is InChI=1S/C16H19N3O2/c1-11(2)12-7-4-5-8-13(12)18-15-10-6-9-14(17-3)16(15)19(20)21/h4-11,17-18H,1-3H3. The molecular formula is C16H19N3O2. The first-order chi connectivity index (χ1) is 10.0. The molecule has 110 valence electrons. The number of nitro groups is 1. The summed E-state index contributed by atoms with van der Waals surface area (Å²) in [6.45, 7) is 4.19. The van der Waals surface area contributed by atoms with Crippen LogP contribution in [-0.4, -0.2) is 12.0 Å². The predicted octanol–water partition coefficient (Wildman–Crippen LogP) is 4.50. The van der Waals surface area contributed by atoms with E-state index in [0.717, 1.165) is 11.3 Å². The maximum Gasteiger partial charge on any atom is 0.315 e. The molecule has 0 unspecified atom stereocenters. The molecule has 0 spiro atoms. The van der Waals surface area contributed by atoms with Gasteiger partial charge in [-0.25, -0.2) is 0 Å². The van der Waals surface area contributed by atoms with Gasteiger partial charge in [0.1, 0.15) is 11.4 Å². The van der Waals surface area contributed by atoms with Crippen molar-refractivity contribution in [3.63, 3.8) is 0 Å². The molecule has 2 aromatic rings. The highest BCUT2D eigenvalue weighted by atomic mass is 16.6. The van der Waals surface area contributed by atoms with E-state index in [1.165, 1.54) is 0 Å². The fraction of sp³-hybridized carbons (Fsp3) is 0.250. The van der Waals surface area contributed by atoms with Gasteiger partial charge in [-0.3, -0.25) is 10.1 Å². The Morgan fingerprint density at radius 2 is 1.62 bits per heavy atom. The van der Waals surface area contributed by atoms with Crippen LogP contribution >= 0.6 is 0 Å². The van der Waals surface area contributed by atoms with Gasteiger partial charge in [-0.05, 0) is 29.7 Å². The van der Waals surface area contributed by atoms with Gasteiger partial charge in [0.2, 0.25) is 0 Å². The number of nitrogens with one attached hydrogen (secondary N) is 2. The van der Waals surface area contributed by atoms with Crippen LogP contribution in [0.5, 0.6) is 0 Å². The molecule has 0 atom stereocenters. The third kappa shape index (κ3) is 3.13. The Kier molecular flexibility index (Phi) is 4.42. The zero-order valence-electron chi connectivity index (χ0n) is 12.4. The van der Waals surface area contributed by atoms with E-state index in [2.05, 4.69) is 24.5 Å². The van der Waals surface area contributed by atoms with E-state index in [4.69, 9.17) is 0 Å². The van der Waals surface area contributed by atoms with Crippen molar-refractivity contribution in [2.24, 2.45) is 0 Å². The molecule has 0 saturated heterocycles. The zero-order chi connectivity index (χ0) is 15.4. The van der Waals surface area contributed by atoms with Gasteiger partial charge in [0.15, 0.2) is 0 Å². The summed E-state index contributed by atoms with van der Waals surface area (Å²) in [5.41, 5.74) is 3.05. The van der Waals surface area contributed by atoms with Crippen LogP contribution in [0.15, 0.2) is 42.5 Å². The van der Waals surface area contributed by atoms with Gasteiger partial charge in [0, 0.05) is 12.7 Å². The highest BCUT2D eigenvalue weighted by Gasteiger charge is 2.19. The van der Waals surface area contributed by atoms with Crippen molar-refractivity contribution in [1.29, 1.82) is 0 Å². The number of nitrogens with zero attached hydrogens (tertiary/aromatic N) is 1. The molecule has 0 bridgehead atoms. The van der Waals surface area contributed by atoms with Gasteiger partial charge >= 0.3 is 5.69 Å². The summed E-state index contributed by atoms with van der Waals surface area (Å²) < 4.78 is 0. The van der Waals surface area contributed by atoms with Crippen molar-refractivity contribution in [1.82, 2.24) is 0 Å². The Hall–Kier alpha value is -2.56. The summed E-state index contributed by atoms with van der Waals surface area (Å²) in [4.78, 5) is 11.0. The maximum absolute atomic E-state index is 11.3. The lowest BCUT2D eigenvalue weighted by Crippen LogP contribution is -2.03. The Labute approximate surface area is 124 Å². The number of hydrogen-bond acceptors (Lipinski definition) is 4. The summed E-state index contributed by atoms with van der Waals surface area (Å²) in [6.07, 6.45) is 0. The molecule has 2 rings (SSSR count). The van der Waals surface area contributed by atoms with Gasteiger partial charge in [0.25, 0.3) is 0 Å². The molecule has 21 heavy (non-hydrogen) atoms. The zero-order valence-corrected chi connectivity index (χ0v) is 12.4. The lowest BCUT2D eigenvalue weighted by molar-refractivity contribution is -0.383. The van der Waals surface area contributed by atoms with Crippen molar-refractivity contribution >= 4 is 22.7 Å². The fourth-order valence-electron chi connectivity index (χ4n) is 2.30. The van der Waals surface area contributed by atoms with Crippen LogP contribution in [0.1, 0.15) is 25.3 Å². The first kappa shape index (κ1) is 14.8. The number of benzene rings is 2. The van der Waals surface area contributed by atoms with Gasteiger partial charge in [-0.1, -0.05) is 38.1 Å². The molecule has 0 saturated carbocycles. The van der Waals surface area contributed by atoms with Crippen molar-refractivity contribution in [2.75, 3.05) is 17.7 Å². The van der Waals surface area contributed by atoms with Crippen LogP contribution in [0, 0.1) is 10.1 Å². The van der Waals surface area contributed by atoms with E-state index >= 15 is 0 Å². The van der Waals surface area contributed by atoms with Crippen molar-refractivity contribution in [3.8, 4) is 0 Å². The van der Waals surface area contributed by atoms with Crippen LogP contribution in [-0.2, 0) is 0 Å².